The van der Waals surface area contributed by atoms with Gasteiger partial charge in [0.1, 0.15) is 5.84 Å². The zero-order valence-electron chi connectivity index (χ0n) is 8.22. The fraction of sp³-hybridized carbons (Fsp3) is 0.889. The van der Waals surface area contributed by atoms with Gasteiger partial charge in [0.05, 0.1) is 0 Å². The van der Waals surface area contributed by atoms with Gasteiger partial charge in [0, 0.05) is 12.5 Å². The molecule has 0 radical (unpaired) electrons. The summed E-state index contributed by atoms with van der Waals surface area (Å²) in [6, 6.07) is 0.332. The molecule has 70 valence electrons. The van der Waals surface area contributed by atoms with Gasteiger partial charge in [-0.25, -0.2) is 5.84 Å². The molecule has 0 heterocycles. The lowest BCUT2D eigenvalue weighted by molar-refractivity contribution is 0.589. The first-order chi connectivity index (χ1) is 5.56. The number of nitrogens with two attached hydrogens (primary N) is 1. The van der Waals surface area contributed by atoms with Gasteiger partial charge < -0.3 is 5.43 Å². The molecule has 0 bridgehead atoms. The molecule has 0 saturated heterocycles. The van der Waals surface area contributed by atoms with Crippen molar-refractivity contribution in [2.24, 2.45) is 16.3 Å². The third-order valence-electron chi connectivity index (χ3n) is 2.28. The molecule has 1 aliphatic carbocycles. The normalized spacial score (nSPS) is 21.2. The van der Waals surface area contributed by atoms with Gasteiger partial charge in [-0.05, 0) is 32.1 Å². The van der Waals surface area contributed by atoms with E-state index in [-0.39, 0.29) is 0 Å². The highest BCUT2D eigenvalue weighted by atomic mass is 15.3. The van der Waals surface area contributed by atoms with Crippen LogP contribution in [-0.2, 0) is 0 Å². The Labute approximate surface area is 74.4 Å². The van der Waals surface area contributed by atoms with Crippen molar-refractivity contribution < 1.29 is 0 Å². The van der Waals surface area contributed by atoms with Crippen LogP contribution in [0.25, 0.3) is 0 Å². The summed E-state index contributed by atoms with van der Waals surface area (Å²) in [7, 11) is 0. The predicted octanol–water partition coefficient (Wildman–Crippen LogP) is 1.45. The van der Waals surface area contributed by atoms with Crippen molar-refractivity contribution in [2.75, 3.05) is 0 Å². The lowest BCUT2D eigenvalue weighted by Crippen LogP contribution is -2.32. The van der Waals surface area contributed by atoms with Gasteiger partial charge in [0.25, 0.3) is 0 Å². The monoisotopic (exact) mass is 169 g/mol. The maximum Gasteiger partial charge on any atom is 0.111 e. The minimum Gasteiger partial charge on any atom is -0.312 e. The molecule has 1 aliphatic rings. The molecule has 0 spiro atoms. The van der Waals surface area contributed by atoms with Crippen LogP contribution in [0.5, 0.6) is 0 Å². The fourth-order valence-corrected chi connectivity index (χ4v) is 1.24. The van der Waals surface area contributed by atoms with Crippen LogP contribution in [0.4, 0.5) is 0 Å². The number of aliphatic imine (C=N–C) groups is 1. The molecule has 0 amide bonds. The Morgan fingerprint density at radius 3 is 2.50 bits per heavy atom. The quantitative estimate of drug-likeness (QED) is 0.291. The largest absolute Gasteiger partial charge is 0.312 e. The summed E-state index contributed by atoms with van der Waals surface area (Å²) in [6.45, 7) is 6.40. The Bertz CT molecular complexity index is 180. The highest BCUT2D eigenvalue weighted by molar-refractivity contribution is 5.82. The van der Waals surface area contributed by atoms with Crippen molar-refractivity contribution >= 4 is 5.84 Å². The van der Waals surface area contributed by atoms with Gasteiger partial charge in [0.2, 0.25) is 0 Å². The standard InChI is InChI=1S/C9H19N3/c1-7(2)11-8(12-10)6-9(3)4-5-9/h7H,4-6,10H2,1-3H3,(H,11,12). The van der Waals surface area contributed by atoms with E-state index in [1.165, 1.54) is 12.8 Å². The number of rotatable bonds is 3. The maximum atomic E-state index is 5.38. The van der Waals surface area contributed by atoms with Crippen molar-refractivity contribution in [1.29, 1.82) is 0 Å². The molecule has 3 heteroatoms. The first kappa shape index (κ1) is 9.52. The number of nitrogens with one attached hydrogen (secondary N) is 1. The summed E-state index contributed by atoms with van der Waals surface area (Å²) in [5.41, 5.74) is 3.17. The Morgan fingerprint density at radius 1 is 1.58 bits per heavy atom. The van der Waals surface area contributed by atoms with Gasteiger partial charge in [0.15, 0.2) is 0 Å². The van der Waals surface area contributed by atoms with E-state index in [0.717, 1.165) is 12.3 Å². The number of hydrogen-bond acceptors (Lipinski definition) is 2. The van der Waals surface area contributed by atoms with E-state index in [4.69, 9.17) is 5.84 Å². The zero-order valence-corrected chi connectivity index (χ0v) is 8.22. The van der Waals surface area contributed by atoms with Crippen molar-refractivity contribution in [1.82, 2.24) is 5.43 Å². The second-order valence-electron chi connectivity index (χ2n) is 4.30. The molecule has 3 nitrogen and oxygen atoms in total. The second-order valence-corrected chi connectivity index (χ2v) is 4.30. The molecule has 0 aromatic carbocycles. The van der Waals surface area contributed by atoms with Crippen LogP contribution in [0.2, 0.25) is 0 Å². The molecule has 0 aromatic heterocycles. The summed E-state index contributed by atoms with van der Waals surface area (Å²) in [5, 5.41) is 0. The third-order valence-corrected chi connectivity index (χ3v) is 2.28. The van der Waals surface area contributed by atoms with E-state index in [1.807, 2.05) is 0 Å². The summed E-state index contributed by atoms with van der Waals surface area (Å²) >= 11 is 0. The molecule has 3 N–H and O–H groups in total. The van der Waals surface area contributed by atoms with E-state index in [0.29, 0.717) is 11.5 Å². The van der Waals surface area contributed by atoms with Crippen LogP contribution in [0, 0.1) is 5.41 Å². The third kappa shape index (κ3) is 2.81. The highest BCUT2D eigenvalue weighted by Gasteiger charge is 2.38. The molecular formula is C9H19N3. The Kier molecular flexibility index (Phi) is 2.73. The number of hydrazine groups is 1. The summed E-state index contributed by atoms with van der Waals surface area (Å²) in [4.78, 5) is 4.40. The highest BCUT2D eigenvalue weighted by Crippen LogP contribution is 2.48. The lowest BCUT2D eigenvalue weighted by Gasteiger charge is -2.11. The Balaban J connectivity index is 2.45. The van der Waals surface area contributed by atoms with Crippen LogP contribution in [0.1, 0.15) is 40.0 Å². The SMILES string of the molecule is CC(C)N=C(CC1(C)CC1)NN. The van der Waals surface area contributed by atoms with Crippen LogP contribution in [-0.4, -0.2) is 11.9 Å². The molecule has 1 rings (SSSR count). The summed E-state index contributed by atoms with van der Waals surface area (Å²) < 4.78 is 0. The van der Waals surface area contributed by atoms with E-state index in [9.17, 15) is 0 Å². The van der Waals surface area contributed by atoms with Crippen LogP contribution >= 0.6 is 0 Å². The van der Waals surface area contributed by atoms with Gasteiger partial charge >= 0.3 is 0 Å². The molecule has 0 aromatic rings. The van der Waals surface area contributed by atoms with E-state index >= 15 is 0 Å². The van der Waals surface area contributed by atoms with Crippen LogP contribution in [0.3, 0.4) is 0 Å². The summed E-state index contributed by atoms with van der Waals surface area (Å²) in [5.74, 6) is 6.32. The van der Waals surface area contributed by atoms with Crippen molar-refractivity contribution in [3.05, 3.63) is 0 Å². The average Bonchev–Trinajstić information content (AvgIpc) is 2.66. The first-order valence-electron chi connectivity index (χ1n) is 4.59. The fourth-order valence-electron chi connectivity index (χ4n) is 1.24. The molecule has 0 atom stereocenters. The molecule has 1 saturated carbocycles. The summed E-state index contributed by atoms with van der Waals surface area (Å²) in [6.07, 6.45) is 3.62. The number of hydrogen-bond donors (Lipinski definition) is 2. The average molecular weight is 169 g/mol. The maximum absolute atomic E-state index is 5.38. The minimum absolute atomic E-state index is 0.332. The first-order valence-corrected chi connectivity index (χ1v) is 4.59. The van der Waals surface area contributed by atoms with Gasteiger partial charge in [-0.3, -0.25) is 4.99 Å². The number of nitrogens with zero attached hydrogens (tertiary/aromatic N) is 1. The van der Waals surface area contributed by atoms with Crippen LogP contribution < -0.4 is 11.3 Å². The van der Waals surface area contributed by atoms with Gasteiger partial charge in [-0.1, -0.05) is 6.92 Å². The number of amidine groups is 1. The molecule has 0 unspecified atom stereocenters. The van der Waals surface area contributed by atoms with Crippen molar-refractivity contribution in [3.8, 4) is 0 Å². The molecule has 12 heavy (non-hydrogen) atoms. The molecule has 0 aliphatic heterocycles. The smallest absolute Gasteiger partial charge is 0.111 e. The minimum atomic E-state index is 0.332. The lowest BCUT2D eigenvalue weighted by atomic mass is 10.1. The van der Waals surface area contributed by atoms with Crippen molar-refractivity contribution in [3.63, 3.8) is 0 Å². The Hall–Kier alpha value is -0.570. The molecule has 1 fully saturated rings. The van der Waals surface area contributed by atoms with Crippen molar-refractivity contribution in [2.45, 2.75) is 46.1 Å². The van der Waals surface area contributed by atoms with Gasteiger partial charge in [-0.15, -0.1) is 0 Å². The predicted molar refractivity (Wildman–Crippen MR) is 51.9 cm³/mol. The zero-order chi connectivity index (χ0) is 9.19. The topological polar surface area (TPSA) is 50.4 Å². The Morgan fingerprint density at radius 2 is 2.17 bits per heavy atom. The van der Waals surface area contributed by atoms with E-state index < -0.39 is 0 Å². The van der Waals surface area contributed by atoms with E-state index in [2.05, 4.69) is 31.2 Å². The van der Waals surface area contributed by atoms with Gasteiger partial charge in [-0.2, -0.15) is 0 Å². The molecular weight excluding hydrogens is 150 g/mol. The van der Waals surface area contributed by atoms with Crippen LogP contribution in [0.15, 0.2) is 4.99 Å². The van der Waals surface area contributed by atoms with E-state index in [1.54, 1.807) is 0 Å². The second kappa shape index (κ2) is 3.44.